The standard InChI is InChI=1S/C16H17F6NO2/c1-25-14(24)13-4-2-3-12(23-13)7-9-5-10(15(17,18)19)8-11(6-9)16(20,21)22/h5-6,8,12-13,23H,2-4,7H2,1H3. The second-order valence-electron chi connectivity index (χ2n) is 5.99. The van der Waals surface area contributed by atoms with Gasteiger partial charge in [0.25, 0.3) is 0 Å². The van der Waals surface area contributed by atoms with Gasteiger partial charge in [-0.3, -0.25) is 4.79 Å². The first-order valence-corrected chi connectivity index (χ1v) is 7.63. The Kier molecular flexibility index (Phi) is 5.65. The van der Waals surface area contributed by atoms with E-state index in [1.165, 1.54) is 7.11 Å². The van der Waals surface area contributed by atoms with Crippen molar-refractivity contribution in [1.82, 2.24) is 5.32 Å². The summed E-state index contributed by atoms with van der Waals surface area (Å²) in [4.78, 5) is 11.6. The van der Waals surface area contributed by atoms with Crippen molar-refractivity contribution < 1.29 is 35.9 Å². The fraction of sp³-hybridized carbons (Fsp3) is 0.562. The average molecular weight is 369 g/mol. The maximum Gasteiger partial charge on any atom is 0.416 e. The van der Waals surface area contributed by atoms with E-state index in [1.54, 1.807) is 0 Å². The molecule has 0 aliphatic carbocycles. The van der Waals surface area contributed by atoms with Crippen LogP contribution in [0.5, 0.6) is 0 Å². The molecule has 3 nitrogen and oxygen atoms in total. The maximum atomic E-state index is 12.9. The largest absolute Gasteiger partial charge is 0.468 e. The molecule has 2 unspecified atom stereocenters. The van der Waals surface area contributed by atoms with Gasteiger partial charge in [0.1, 0.15) is 6.04 Å². The molecule has 140 valence electrons. The number of esters is 1. The number of rotatable bonds is 3. The number of piperidine rings is 1. The van der Waals surface area contributed by atoms with Gasteiger partial charge < -0.3 is 10.1 Å². The van der Waals surface area contributed by atoms with Gasteiger partial charge in [-0.1, -0.05) is 0 Å². The fourth-order valence-corrected chi connectivity index (χ4v) is 2.93. The van der Waals surface area contributed by atoms with Gasteiger partial charge in [0.2, 0.25) is 0 Å². The molecule has 1 heterocycles. The number of carbonyl (C=O) groups is 1. The lowest BCUT2D eigenvalue weighted by atomic mass is 9.92. The van der Waals surface area contributed by atoms with Gasteiger partial charge in [0.05, 0.1) is 18.2 Å². The molecular formula is C16H17F6NO2. The molecule has 1 aliphatic rings. The van der Waals surface area contributed by atoms with Crippen LogP contribution in [0.1, 0.15) is 36.0 Å². The average Bonchev–Trinajstić information content (AvgIpc) is 2.52. The van der Waals surface area contributed by atoms with Crippen LogP contribution in [0.25, 0.3) is 0 Å². The van der Waals surface area contributed by atoms with Crippen LogP contribution in [-0.2, 0) is 28.3 Å². The zero-order valence-electron chi connectivity index (χ0n) is 13.3. The molecule has 1 aromatic carbocycles. The highest BCUT2D eigenvalue weighted by molar-refractivity contribution is 5.75. The summed E-state index contributed by atoms with van der Waals surface area (Å²) in [6, 6.07) is 0.547. The molecule has 1 aromatic rings. The van der Waals surface area contributed by atoms with Gasteiger partial charge in [-0.05, 0) is 49.4 Å². The van der Waals surface area contributed by atoms with E-state index in [4.69, 9.17) is 0 Å². The number of nitrogens with one attached hydrogen (secondary N) is 1. The third-order valence-corrected chi connectivity index (χ3v) is 4.10. The predicted molar refractivity (Wildman–Crippen MR) is 76.7 cm³/mol. The van der Waals surface area contributed by atoms with Crippen LogP contribution in [0, 0.1) is 0 Å². The third-order valence-electron chi connectivity index (χ3n) is 4.10. The summed E-state index contributed by atoms with van der Waals surface area (Å²) in [5, 5.41) is 2.93. The molecule has 2 atom stereocenters. The summed E-state index contributed by atoms with van der Waals surface area (Å²) in [6.45, 7) is 0. The Labute approximate surface area is 140 Å². The number of hydrogen-bond acceptors (Lipinski definition) is 3. The first-order valence-electron chi connectivity index (χ1n) is 7.63. The topological polar surface area (TPSA) is 38.3 Å². The van der Waals surface area contributed by atoms with Crippen molar-refractivity contribution in [3.05, 3.63) is 34.9 Å². The zero-order chi connectivity index (χ0) is 18.8. The van der Waals surface area contributed by atoms with Crippen molar-refractivity contribution >= 4 is 5.97 Å². The van der Waals surface area contributed by atoms with E-state index in [1.807, 2.05) is 0 Å². The molecule has 0 aromatic heterocycles. The Hall–Kier alpha value is -1.77. The van der Waals surface area contributed by atoms with Crippen molar-refractivity contribution in [2.75, 3.05) is 7.11 Å². The summed E-state index contributed by atoms with van der Waals surface area (Å²) in [5.41, 5.74) is -2.75. The Balaban J connectivity index is 2.25. The van der Waals surface area contributed by atoms with Crippen LogP contribution in [0.2, 0.25) is 0 Å². The second kappa shape index (κ2) is 7.23. The minimum absolute atomic E-state index is 0.0412. The minimum atomic E-state index is -4.87. The van der Waals surface area contributed by atoms with Crippen molar-refractivity contribution in [2.24, 2.45) is 0 Å². The number of methoxy groups -OCH3 is 1. The molecule has 9 heteroatoms. The van der Waals surface area contributed by atoms with Gasteiger partial charge in [-0.25, -0.2) is 0 Å². The molecule has 2 rings (SSSR count). The van der Waals surface area contributed by atoms with Crippen molar-refractivity contribution in [3.8, 4) is 0 Å². The number of hydrogen-bond donors (Lipinski definition) is 1. The van der Waals surface area contributed by atoms with Crippen LogP contribution in [-0.4, -0.2) is 25.2 Å². The SMILES string of the molecule is COC(=O)C1CCCC(Cc2cc(C(F)(F)F)cc(C(F)(F)F)c2)N1. The summed E-state index contributed by atoms with van der Waals surface area (Å²) < 4.78 is 81.9. The first kappa shape index (κ1) is 19.6. The van der Waals surface area contributed by atoms with Crippen LogP contribution < -0.4 is 5.32 Å². The lowest BCUT2D eigenvalue weighted by Crippen LogP contribution is -2.48. The number of ether oxygens (including phenoxy) is 1. The fourth-order valence-electron chi connectivity index (χ4n) is 2.93. The third kappa shape index (κ3) is 5.10. The number of benzene rings is 1. The highest BCUT2D eigenvalue weighted by atomic mass is 19.4. The quantitative estimate of drug-likeness (QED) is 0.648. The van der Waals surface area contributed by atoms with E-state index in [9.17, 15) is 31.1 Å². The van der Waals surface area contributed by atoms with E-state index in [-0.39, 0.29) is 18.1 Å². The van der Waals surface area contributed by atoms with Crippen LogP contribution >= 0.6 is 0 Å². The lowest BCUT2D eigenvalue weighted by molar-refractivity contribution is -0.144. The molecule has 0 saturated carbocycles. The highest BCUT2D eigenvalue weighted by Crippen LogP contribution is 2.36. The monoisotopic (exact) mass is 369 g/mol. The van der Waals surface area contributed by atoms with Gasteiger partial charge in [0, 0.05) is 6.04 Å². The predicted octanol–water partition coefficient (Wildman–Crippen LogP) is 3.95. The number of alkyl halides is 6. The van der Waals surface area contributed by atoms with Gasteiger partial charge >= 0.3 is 18.3 Å². The Morgan fingerprint density at radius 2 is 1.64 bits per heavy atom. The molecular weight excluding hydrogens is 352 g/mol. The van der Waals surface area contributed by atoms with Crippen molar-refractivity contribution in [1.29, 1.82) is 0 Å². The van der Waals surface area contributed by atoms with Crippen molar-refractivity contribution in [3.63, 3.8) is 0 Å². The number of carbonyl (C=O) groups excluding carboxylic acids is 1. The Bertz CT molecular complexity index is 594. The summed E-state index contributed by atoms with van der Waals surface area (Å²) in [7, 11) is 1.22. The normalized spacial score (nSPS) is 21.9. The summed E-state index contributed by atoms with van der Waals surface area (Å²) in [5.74, 6) is -0.496. The van der Waals surface area contributed by atoms with Crippen molar-refractivity contribution in [2.45, 2.75) is 50.1 Å². The van der Waals surface area contributed by atoms with Gasteiger partial charge in [-0.2, -0.15) is 26.3 Å². The molecule has 0 spiro atoms. The molecule has 1 saturated heterocycles. The molecule has 1 fully saturated rings. The molecule has 1 N–H and O–H groups in total. The zero-order valence-corrected chi connectivity index (χ0v) is 13.3. The molecule has 0 bridgehead atoms. The molecule has 0 amide bonds. The Morgan fingerprint density at radius 3 is 2.12 bits per heavy atom. The first-order chi connectivity index (χ1) is 11.5. The second-order valence-corrected chi connectivity index (χ2v) is 5.99. The molecule has 0 radical (unpaired) electrons. The van der Waals surface area contributed by atoms with E-state index < -0.39 is 41.5 Å². The van der Waals surface area contributed by atoms with E-state index in [0.717, 1.165) is 12.1 Å². The lowest BCUT2D eigenvalue weighted by Gasteiger charge is -2.29. The van der Waals surface area contributed by atoms with E-state index in [0.29, 0.717) is 19.3 Å². The minimum Gasteiger partial charge on any atom is -0.468 e. The summed E-state index contributed by atoms with van der Waals surface area (Å²) >= 11 is 0. The maximum absolute atomic E-state index is 12.9. The van der Waals surface area contributed by atoms with Crippen LogP contribution in [0.4, 0.5) is 26.3 Å². The van der Waals surface area contributed by atoms with E-state index >= 15 is 0 Å². The smallest absolute Gasteiger partial charge is 0.416 e. The number of halogens is 6. The molecule has 1 aliphatic heterocycles. The van der Waals surface area contributed by atoms with Crippen LogP contribution in [0.3, 0.4) is 0 Å². The van der Waals surface area contributed by atoms with Crippen LogP contribution in [0.15, 0.2) is 18.2 Å². The van der Waals surface area contributed by atoms with E-state index in [2.05, 4.69) is 10.1 Å². The summed E-state index contributed by atoms with van der Waals surface area (Å²) in [6.07, 6.45) is -8.09. The van der Waals surface area contributed by atoms with Gasteiger partial charge in [-0.15, -0.1) is 0 Å². The highest BCUT2D eigenvalue weighted by Gasteiger charge is 2.37. The Morgan fingerprint density at radius 1 is 1.08 bits per heavy atom. The van der Waals surface area contributed by atoms with Gasteiger partial charge in [0.15, 0.2) is 0 Å². The molecule has 25 heavy (non-hydrogen) atoms.